The summed E-state index contributed by atoms with van der Waals surface area (Å²) in [5.74, 6) is 1.12. The van der Waals surface area contributed by atoms with Crippen molar-refractivity contribution in [2.75, 3.05) is 18.0 Å². The van der Waals surface area contributed by atoms with Crippen LogP contribution in [0, 0.1) is 18.8 Å². The van der Waals surface area contributed by atoms with Gasteiger partial charge >= 0.3 is 0 Å². The van der Waals surface area contributed by atoms with Crippen LogP contribution in [-0.4, -0.2) is 19.0 Å². The van der Waals surface area contributed by atoms with Gasteiger partial charge in [0.1, 0.15) is 0 Å². The number of aryl methyl sites for hydroxylation is 2. The molecule has 1 atom stereocenters. The fourth-order valence-corrected chi connectivity index (χ4v) is 3.27. The van der Waals surface area contributed by atoms with Crippen molar-refractivity contribution in [1.82, 2.24) is 0 Å². The van der Waals surface area contributed by atoms with Crippen molar-refractivity contribution in [2.24, 2.45) is 17.6 Å². The standard InChI is InChI=1S/C18H28N2O/c1-13(2)9-15(12-19)11-18(21)20-8-4-5-16-10-14(3)6-7-17(16)20/h6-7,10,13,15H,4-5,8-9,11-12,19H2,1-3H3/t15-/m0/s1. The Hall–Kier alpha value is -1.35. The molecule has 0 unspecified atom stereocenters. The molecular weight excluding hydrogens is 260 g/mol. The van der Waals surface area contributed by atoms with E-state index in [0.717, 1.165) is 31.5 Å². The summed E-state index contributed by atoms with van der Waals surface area (Å²) in [7, 11) is 0. The van der Waals surface area contributed by atoms with Crippen molar-refractivity contribution < 1.29 is 4.79 Å². The van der Waals surface area contributed by atoms with Crippen molar-refractivity contribution >= 4 is 11.6 Å². The molecule has 2 rings (SSSR count). The van der Waals surface area contributed by atoms with E-state index >= 15 is 0 Å². The monoisotopic (exact) mass is 288 g/mol. The molecule has 1 heterocycles. The van der Waals surface area contributed by atoms with Crippen LogP contribution in [0.1, 0.15) is 44.2 Å². The van der Waals surface area contributed by atoms with E-state index in [4.69, 9.17) is 5.73 Å². The average Bonchev–Trinajstić information content (AvgIpc) is 2.44. The number of anilines is 1. The molecule has 0 spiro atoms. The molecule has 1 aliphatic rings. The second-order valence-electron chi connectivity index (χ2n) is 6.72. The summed E-state index contributed by atoms with van der Waals surface area (Å²) in [6.45, 7) is 7.92. The van der Waals surface area contributed by atoms with Crippen LogP contribution in [-0.2, 0) is 11.2 Å². The van der Waals surface area contributed by atoms with Gasteiger partial charge in [-0.2, -0.15) is 0 Å². The summed E-state index contributed by atoms with van der Waals surface area (Å²) >= 11 is 0. The van der Waals surface area contributed by atoms with Gasteiger partial charge in [-0.25, -0.2) is 0 Å². The van der Waals surface area contributed by atoms with Crippen molar-refractivity contribution in [1.29, 1.82) is 0 Å². The van der Waals surface area contributed by atoms with Crippen molar-refractivity contribution in [2.45, 2.75) is 46.5 Å². The van der Waals surface area contributed by atoms with E-state index in [2.05, 4.69) is 39.0 Å². The van der Waals surface area contributed by atoms with Crippen LogP contribution in [0.25, 0.3) is 0 Å². The number of carbonyl (C=O) groups is 1. The average molecular weight is 288 g/mol. The van der Waals surface area contributed by atoms with E-state index in [1.807, 2.05) is 4.90 Å². The van der Waals surface area contributed by atoms with Gasteiger partial charge in [0.15, 0.2) is 0 Å². The highest BCUT2D eigenvalue weighted by atomic mass is 16.2. The molecule has 1 aliphatic heterocycles. The molecule has 0 aliphatic carbocycles. The van der Waals surface area contributed by atoms with Crippen LogP contribution in [0.3, 0.4) is 0 Å². The topological polar surface area (TPSA) is 46.3 Å². The first-order valence-corrected chi connectivity index (χ1v) is 8.11. The molecule has 116 valence electrons. The smallest absolute Gasteiger partial charge is 0.227 e. The lowest BCUT2D eigenvalue weighted by Gasteiger charge is -2.31. The van der Waals surface area contributed by atoms with E-state index in [9.17, 15) is 4.79 Å². The van der Waals surface area contributed by atoms with E-state index in [0.29, 0.717) is 24.8 Å². The minimum absolute atomic E-state index is 0.232. The van der Waals surface area contributed by atoms with Gasteiger partial charge in [0.2, 0.25) is 5.91 Å². The van der Waals surface area contributed by atoms with E-state index in [1.165, 1.54) is 11.1 Å². The number of hydrogen-bond acceptors (Lipinski definition) is 2. The predicted molar refractivity (Wildman–Crippen MR) is 88.5 cm³/mol. The Morgan fingerprint density at radius 1 is 1.38 bits per heavy atom. The van der Waals surface area contributed by atoms with Crippen LogP contribution < -0.4 is 10.6 Å². The summed E-state index contributed by atoms with van der Waals surface area (Å²) in [6, 6.07) is 6.41. The first-order valence-electron chi connectivity index (χ1n) is 8.11. The molecule has 0 saturated heterocycles. The highest BCUT2D eigenvalue weighted by molar-refractivity contribution is 5.94. The van der Waals surface area contributed by atoms with Gasteiger partial charge in [0.05, 0.1) is 0 Å². The first kappa shape index (κ1) is 16.0. The third-order valence-electron chi connectivity index (χ3n) is 4.26. The molecule has 1 amide bonds. The molecule has 1 aromatic rings. The molecular formula is C18H28N2O. The molecule has 0 radical (unpaired) electrons. The number of carbonyl (C=O) groups excluding carboxylic acids is 1. The normalized spacial score (nSPS) is 16.0. The Bertz CT molecular complexity index is 496. The number of nitrogens with zero attached hydrogens (tertiary/aromatic N) is 1. The number of fused-ring (bicyclic) bond motifs is 1. The Balaban J connectivity index is 2.10. The fraction of sp³-hybridized carbons (Fsp3) is 0.611. The van der Waals surface area contributed by atoms with Gasteiger partial charge in [-0.15, -0.1) is 0 Å². The summed E-state index contributed by atoms with van der Waals surface area (Å²) in [6.07, 6.45) is 3.73. The number of rotatable bonds is 5. The predicted octanol–water partition coefficient (Wildman–Crippen LogP) is 3.29. The van der Waals surface area contributed by atoms with E-state index < -0.39 is 0 Å². The van der Waals surface area contributed by atoms with Gasteiger partial charge in [0.25, 0.3) is 0 Å². The van der Waals surface area contributed by atoms with Gasteiger partial charge in [-0.3, -0.25) is 4.79 Å². The molecule has 2 N–H and O–H groups in total. The van der Waals surface area contributed by atoms with E-state index in [-0.39, 0.29) is 5.91 Å². The van der Waals surface area contributed by atoms with Crippen molar-refractivity contribution in [3.8, 4) is 0 Å². The van der Waals surface area contributed by atoms with Gasteiger partial charge in [-0.1, -0.05) is 31.5 Å². The maximum atomic E-state index is 12.7. The van der Waals surface area contributed by atoms with Gasteiger partial charge in [0, 0.05) is 18.7 Å². The van der Waals surface area contributed by atoms with Gasteiger partial charge < -0.3 is 10.6 Å². The zero-order valence-corrected chi connectivity index (χ0v) is 13.6. The van der Waals surface area contributed by atoms with Crippen molar-refractivity contribution in [3.05, 3.63) is 29.3 Å². The van der Waals surface area contributed by atoms with E-state index in [1.54, 1.807) is 0 Å². The lowest BCUT2D eigenvalue weighted by atomic mass is 9.92. The van der Waals surface area contributed by atoms with Gasteiger partial charge in [-0.05, 0) is 56.2 Å². The number of amides is 1. The zero-order chi connectivity index (χ0) is 15.4. The van der Waals surface area contributed by atoms with Crippen LogP contribution in [0.4, 0.5) is 5.69 Å². The lowest BCUT2D eigenvalue weighted by molar-refractivity contribution is -0.119. The van der Waals surface area contributed by atoms with Crippen LogP contribution in [0.5, 0.6) is 0 Å². The quantitative estimate of drug-likeness (QED) is 0.903. The first-order chi connectivity index (χ1) is 10.0. The summed E-state index contributed by atoms with van der Waals surface area (Å²) in [5, 5.41) is 0. The molecule has 3 nitrogen and oxygen atoms in total. The third-order valence-corrected chi connectivity index (χ3v) is 4.26. The number of nitrogens with two attached hydrogens (primary N) is 1. The zero-order valence-electron chi connectivity index (χ0n) is 13.6. The highest BCUT2D eigenvalue weighted by Gasteiger charge is 2.24. The maximum absolute atomic E-state index is 12.7. The molecule has 0 aromatic heterocycles. The van der Waals surface area contributed by atoms with Crippen LogP contribution in [0.2, 0.25) is 0 Å². The summed E-state index contributed by atoms with van der Waals surface area (Å²) < 4.78 is 0. The molecule has 0 fully saturated rings. The Morgan fingerprint density at radius 2 is 2.14 bits per heavy atom. The Kier molecular flexibility index (Phi) is 5.40. The maximum Gasteiger partial charge on any atom is 0.227 e. The Labute approximate surface area is 128 Å². The lowest BCUT2D eigenvalue weighted by Crippen LogP contribution is -2.37. The highest BCUT2D eigenvalue weighted by Crippen LogP contribution is 2.29. The van der Waals surface area contributed by atoms with Crippen molar-refractivity contribution in [3.63, 3.8) is 0 Å². The molecule has 1 aromatic carbocycles. The second kappa shape index (κ2) is 7.08. The third kappa shape index (κ3) is 4.07. The Morgan fingerprint density at radius 3 is 2.81 bits per heavy atom. The molecule has 21 heavy (non-hydrogen) atoms. The number of hydrogen-bond donors (Lipinski definition) is 1. The fourth-order valence-electron chi connectivity index (χ4n) is 3.27. The minimum atomic E-state index is 0.232. The molecule has 0 saturated carbocycles. The molecule has 3 heteroatoms. The molecule has 0 bridgehead atoms. The number of benzene rings is 1. The largest absolute Gasteiger partial charge is 0.330 e. The minimum Gasteiger partial charge on any atom is -0.330 e. The van der Waals surface area contributed by atoms with Crippen LogP contribution >= 0.6 is 0 Å². The summed E-state index contributed by atoms with van der Waals surface area (Å²) in [5.41, 5.74) is 9.53. The second-order valence-corrected chi connectivity index (χ2v) is 6.72. The SMILES string of the molecule is Cc1ccc2c(c1)CCCN2C(=O)C[C@@H](CN)CC(C)C. The van der Waals surface area contributed by atoms with Crippen LogP contribution in [0.15, 0.2) is 18.2 Å². The summed E-state index contributed by atoms with van der Waals surface area (Å²) in [4.78, 5) is 14.6.